The molecule has 1 unspecified atom stereocenters. The van der Waals surface area contributed by atoms with E-state index in [2.05, 4.69) is 5.32 Å². The number of rotatable bonds is 7. The number of carbonyl (C=O) groups is 2. The number of hydrogen-bond acceptors (Lipinski definition) is 4. The molecule has 0 aromatic carbocycles. The van der Waals surface area contributed by atoms with Crippen molar-refractivity contribution in [1.29, 1.82) is 0 Å². The van der Waals surface area contributed by atoms with Crippen molar-refractivity contribution in [3.63, 3.8) is 0 Å². The molecule has 1 heterocycles. The number of aliphatic carboxylic acids is 1. The van der Waals surface area contributed by atoms with Crippen LogP contribution in [0, 0.1) is 0 Å². The Morgan fingerprint density at radius 1 is 1.44 bits per heavy atom. The number of carboxylic acids is 1. The number of amides is 1. The molecule has 1 amide bonds. The zero-order valence-corrected chi connectivity index (χ0v) is 10.4. The smallest absolute Gasteiger partial charge is 0.326 e. The topological polar surface area (TPSA) is 88.8 Å². The summed E-state index contributed by atoms with van der Waals surface area (Å²) >= 11 is 0. The van der Waals surface area contributed by atoms with Gasteiger partial charge in [-0.25, -0.2) is 4.79 Å². The molecular weight excluding hydrogens is 238 g/mol. The summed E-state index contributed by atoms with van der Waals surface area (Å²) in [5.41, 5.74) is 0. The van der Waals surface area contributed by atoms with E-state index in [0.717, 1.165) is 0 Å². The number of furan rings is 1. The summed E-state index contributed by atoms with van der Waals surface area (Å²) in [5, 5.41) is 11.3. The largest absolute Gasteiger partial charge is 0.480 e. The summed E-state index contributed by atoms with van der Waals surface area (Å²) in [4.78, 5) is 22.6. The van der Waals surface area contributed by atoms with E-state index in [0.29, 0.717) is 19.4 Å². The molecule has 2 N–H and O–H groups in total. The van der Waals surface area contributed by atoms with Gasteiger partial charge in [0.15, 0.2) is 5.76 Å². The Labute approximate surface area is 105 Å². The second-order valence-electron chi connectivity index (χ2n) is 3.70. The normalized spacial score (nSPS) is 11.9. The Balaban J connectivity index is 2.64. The highest BCUT2D eigenvalue weighted by molar-refractivity contribution is 5.94. The monoisotopic (exact) mass is 255 g/mol. The Morgan fingerprint density at radius 2 is 2.17 bits per heavy atom. The molecule has 0 spiro atoms. The fourth-order valence-electron chi connectivity index (χ4n) is 1.44. The summed E-state index contributed by atoms with van der Waals surface area (Å²) in [7, 11) is 0. The number of ether oxygens (including phenoxy) is 1. The zero-order valence-electron chi connectivity index (χ0n) is 10.4. The van der Waals surface area contributed by atoms with Crippen LogP contribution in [0.5, 0.6) is 5.95 Å². The third-order valence-electron chi connectivity index (χ3n) is 2.27. The summed E-state index contributed by atoms with van der Waals surface area (Å²) in [6.07, 6.45) is 1.04. The van der Waals surface area contributed by atoms with Gasteiger partial charge >= 0.3 is 5.97 Å². The highest BCUT2D eigenvalue weighted by atomic mass is 16.6. The fourth-order valence-corrected chi connectivity index (χ4v) is 1.44. The second-order valence-corrected chi connectivity index (χ2v) is 3.70. The molecule has 100 valence electrons. The molecule has 18 heavy (non-hydrogen) atoms. The van der Waals surface area contributed by atoms with Crippen LogP contribution < -0.4 is 10.1 Å². The lowest BCUT2D eigenvalue weighted by atomic mass is 10.1. The van der Waals surface area contributed by atoms with Crippen LogP contribution in [0.4, 0.5) is 0 Å². The molecule has 0 radical (unpaired) electrons. The first-order valence-corrected chi connectivity index (χ1v) is 5.84. The van der Waals surface area contributed by atoms with E-state index >= 15 is 0 Å². The molecule has 6 heteroatoms. The average Bonchev–Trinajstić information content (AvgIpc) is 2.77. The Hall–Kier alpha value is -1.98. The van der Waals surface area contributed by atoms with Crippen molar-refractivity contribution >= 4 is 11.9 Å². The van der Waals surface area contributed by atoms with E-state index in [9.17, 15) is 9.59 Å². The van der Waals surface area contributed by atoms with Gasteiger partial charge in [-0.2, -0.15) is 0 Å². The van der Waals surface area contributed by atoms with Crippen LogP contribution in [0.1, 0.15) is 37.2 Å². The maximum atomic E-state index is 11.7. The number of carboxylic acid groups (broad SMARTS) is 1. The highest BCUT2D eigenvalue weighted by Crippen LogP contribution is 2.16. The molecule has 6 nitrogen and oxygen atoms in total. The van der Waals surface area contributed by atoms with Crippen molar-refractivity contribution < 1.29 is 23.8 Å². The van der Waals surface area contributed by atoms with Gasteiger partial charge in [0.25, 0.3) is 11.9 Å². The van der Waals surface area contributed by atoms with Crippen LogP contribution in [0.3, 0.4) is 0 Å². The molecule has 1 aromatic rings. The van der Waals surface area contributed by atoms with Crippen LogP contribution in [0.2, 0.25) is 0 Å². The van der Waals surface area contributed by atoms with Crippen LogP contribution in [-0.2, 0) is 4.79 Å². The fraction of sp³-hybridized carbons (Fsp3) is 0.500. The van der Waals surface area contributed by atoms with Crippen molar-refractivity contribution in [3.8, 4) is 5.95 Å². The molecule has 0 aliphatic heterocycles. The lowest BCUT2D eigenvalue weighted by Gasteiger charge is -2.12. The van der Waals surface area contributed by atoms with Gasteiger partial charge in [-0.05, 0) is 19.4 Å². The quantitative estimate of drug-likeness (QED) is 0.773. The molecule has 0 aliphatic rings. The Kier molecular flexibility index (Phi) is 5.23. The van der Waals surface area contributed by atoms with E-state index in [1.54, 1.807) is 6.92 Å². The minimum absolute atomic E-state index is 0.0424. The van der Waals surface area contributed by atoms with Crippen LogP contribution in [0.25, 0.3) is 0 Å². The van der Waals surface area contributed by atoms with Gasteiger partial charge in [0, 0.05) is 6.07 Å². The Bertz CT molecular complexity index is 412. The van der Waals surface area contributed by atoms with Crippen molar-refractivity contribution in [2.45, 2.75) is 32.7 Å². The minimum Gasteiger partial charge on any atom is -0.480 e. The lowest BCUT2D eigenvalue weighted by Crippen LogP contribution is -2.40. The maximum Gasteiger partial charge on any atom is 0.326 e. The number of hydrogen-bond donors (Lipinski definition) is 2. The highest BCUT2D eigenvalue weighted by Gasteiger charge is 2.21. The van der Waals surface area contributed by atoms with Crippen molar-refractivity contribution in [2.24, 2.45) is 0 Å². The molecule has 0 bridgehead atoms. The molecule has 0 saturated carbocycles. The predicted octanol–water partition coefficient (Wildman–Crippen LogP) is 1.66. The molecule has 1 rings (SSSR count). The summed E-state index contributed by atoms with van der Waals surface area (Å²) in [6, 6.07) is 2.07. The van der Waals surface area contributed by atoms with Crippen LogP contribution >= 0.6 is 0 Å². The van der Waals surface area contributed by atoms with Crippen molar-refractivity contribution in [2.75, 3.05) is 6.61 Å². The second kappa shape index (κ2) is 6.68. The van der Waals surface area contributed by atoms with Gasteiger partial charge in [-0.1, -0.05) is 13.3 Å². The van der Waals surface area contributed by atoms with E-state index in [-0.39, 0.29) is 11.7 Å². The molecule has 1 atom stereocenters. The Morgan fingerprint density at radius 3 is 2.72 bits per heavy atom. The van der Waals surface area contributed by atoms with Gasteiger partial charge in [-0.3, -0.25) is 4.79 Å². The molecule has 0 saturated heterocycles. The van der Waals surface area contributed by atoms with E-state index in [4.69, 9.17) is 14.3 Å². The summed E-state index contributed by atoms with van der Waals surface area (Å²) < 4.78 is 10.2. The van der Waals surface area contributed by atoms with Crippen molar-refractivity contribution in [3.05, 3.63) is 17.9 Å². The van der Waals surface area contributed by atoms with E-state index < -0.39 is 17.9 Å². The third kappa shape index (κ3) is 3.80. The minimum atomic E-state index is -1.05. The average molecular weight is 255 g/mol. The molecule has 1 aromatic heterocycles. The first-order chi connectivity index (χ1) is 8.58. The maximum absolute atomic E-state index is 11.7. The summed E-state index contributed by atoms with van der Waals surface area (Å²) in [5.74, 6) is -1.32. The number of carbonyl (C=O) groups excluding carboxylic acids is 1. The summed E-state index contributed by atoms with van der Waals surface area (Å²) in [6.45, 7) is 4.08. The van der Waals surface area contributed by atoms with Crippen LogP contribution in [-0.4, -0.2) is 29.6 Å². The first kappa shape index (κ1) is 14.1. The van der Waals surface area contributed by atoms with Gasteiger partial charge in [-0.15, -0.1) is 0 Å². The predicted molar refractivity (Wildman–Crippen MR) is 63.7 cm³/mol. The standard InChI is InChI=1S/C12H17NO5/c1-3-5-8(12(15)16)13-11(14)9-6-7-10(18-9)17-4-2/h6-8H,3-5H2,1-2H3,(H,13,14)(H,15,16). The molecular formula is C12H17NO5. The number of nitrogens with one attached hydrogen (secondary N) is 1. The van der Waals surface area contributed by atoms with E-state index in [1.165, 1.54) is 12.1 Å². The van der Waals surface area contributed by atoms with Gasteiger partial charge < -0.3 is 19.6 Å². The van der Waals surface area contributed by atoms with Gasteiger partial charge in [0.1, 0.15) is 6.04 Å². The van der Waals surface area contributed by atoms with Crippen LogP contribution in [0.15, 0.2) is 16.5 Å². The third-order valence-corrected chi connectivity index (χ3v) is 2.27. The lowest BCUT2D eigenvalue weighted by molar-refractivity contribution is -0.139. The van der Waals surface area contributed by atoms with Crippen molar-refractivity contribution in [1.82, 2.24) is 5.32 Å². The SMILES string of the molecule is CCCC(NC(=O)c1ccc(OCC)o1)C(=O)O. The van der Waals surface area contributed by atoms with Gasteiger partial charge in [0.2, 0.25) is 0 Å². The first-order valence-electron chi connectivity index (χ1n) is 5.84. The molecule has 0 fully saturated rings. The van der Waals surface area contributed by atoms with E-state index in [1.807, 2.05) is 6.92 Å². The van der Waals surface area contributed by atoms with Gasteiger partial charge in [0.05, 0.1) is 6.61 Å². The zero-order chi connectivity index (χ0) is 13.5. The molecule has 0 aliphatic carbocycles.